The van der Waals surface area contributed by atoms with Crippen LogP contribution in [0, 0.1) is 5.92 Å². The lowest BCUT2D eigenvalue weighted by atomic mass is 10.0. The van der Waals surface area contributed by atoms with Crippen LogP contribution in [0.1, 0.15) is 58.8 Å². The second-order valence-corrected chi connectivity index (χ2v) is 5.94. The second kappa shape index (κ2) is 8.95. The number of rotatable bonds is 7. The first-order valence-electron chi connectivity index (χ1n) is 7.77. The van der Waals surface area contributed by atoms with E-state index in [9.17, 15) is 9.59 Å². The lowest BCUT2D eigenvalue weighted by Gasteiger charge is -2.20. The Morgan fingerprint density at radius 2 is 2.00 bits per heavy atom. The minimum absolute atomic E-state index is 0.0575. The van der Waals surface area contributed by atoms with E-state index in [1.54, 1.807) is 6.92 Å². The molecule has 1 heterocycles. The van der Waals surface area contributed by atoms with Crippen molar-refractivity contribution in [2.24, 2.45) is 5.92 Å². The van der Waals surface area contributed by atoms with Crippen LogP contribution in [0.3, 0.4) is 0 Å². The van der Waals surface area contributed by atoms with E-state index < -0.39 is 5.97 Å². The van der Waals surface area contributed by atoms with Crippen molar-refractivity contribution < 1.29 is 14.7 Å². The summed E-state index contributed by atoms with van der Waals surface area (Å²) >= 11 is 0. The highest BCUT2D eigenvalue weighted by molar-refractivity contribution is 5.82. The number of amides is 1. The average molecular weight is 284 g/mol. The van der Waals surface area contributed by atoms with E-state index in [1.807, 2.05) is 6.92 Å². The smallest absolute Gasteiger partial charge is 0.306 e. The van der Waals surface area contributed by atoms with Crippen LogP contribution in [-0.2, 0) is 9.59 Å². The number of carbonyl (C=O) groups is 2. The molecule has 0 aromatic heterocycles. The van der Waals surface area contributed by atoms with Gasteiger partial charge in [0.25, 0.3) is 0 Å². The van der Waals surface area contributed by atoms with E-state index in [1.165, 1.54) is 6.42 Å². The van der Waals surface area contributed by atoms with Crippen molar-refractivity contribution in [1.82, 2.24) is 10.6 Å². The first-order valence-corrected chi connectivity index (χ1v) is 7.77. The van der Waals surface area contributed by atoms with Crippen LogP contribution >= 0.6 is 0 Å². The summed E-state index contributed by atoms with van der Waals surface area (Å²) in [6, 6.07) is 0.0476. The molecule has 0 bridgehead atoms. The zero-order valence-electron chi connectivity index (χ0n) is 12.7. The van der Waals surface area contributed by atoms with Gasteiger partial charge in [0, 0.05) is 6.04 Å². The van der Waals surface area contributed by atoms with Gasteiger partial charge in [0.15, 0.2) is 0 Å². The third kappa shape index (κ3) is 6.37. The normalized spacial score (nSPS) is 22.6. The largest absolute Gasteiger partial charge is 0.481 e. The van der Waals surface area contributed by atoms with E-state index in [0.29, 0.717) is 6.42 Å². The maximum absolute atomic E-state index is 12.1. The lowest BCUT2D eigenvalue weighted by Crippen LogP contribution is -2.46. The fourth-order valence-corrected chi connectivity index (χ4v) is 2.52. The maximum Gasteiger partial charge on any atom is 0.306 e. The van der Waals surface area contributed by atoms with Gasteiger partial charge in [-0.2, -0.15) is 0 Å². The molecular weight excluding hydrogens is 256 g/mol. The molecule has 116 valence electrons. The van der Waals surface area contributed by atoms with Gasteiger partial charge in [0.05, 0.1) is 12.0 Å². The minimum atomic E-state index is -0.746. The van der Waals surface area contributed by atoms with Crippen LogP contribution in [0.4, 0.5) is 0 Å². The van der Waals surface area contributed by atoms with Crippen LogP contribution in [0.15, 0.2) is 0 Å². The summed E-state index contributed by atoms with van der Waals surface area (Å²) in [6.45, 7) is 4.63. The van der Waals surface area contributed by atoms with Gasteiger partial charge in [-0.1, -0.05) is 26.2 Å². The Bertz CT molecular complexity index is 312. The number of carboxylic acids is 1. The average Bonchev–Trinajstić information content (AvgIpc) is 2.67. The first-order chi connectivity index (χ1) is 9.50. The molecule has 0 radical (unpaired) electrons. The molecular formula is C15H28N2O3. The van der Waals surface area contributed by atoms with Gasteiger partial charge in [0.1, 0.15) is 0 Å². The van der Waals surface area contributed by atoms with Gasteiger partial charge >= 0.3 is 5.97 Å². The van der Waals surface area contributed by atoms with Crippen LogP contribution in [0.25, 0.3) is 0 Å². The van der Waals surface area contributed by atoms with Gasteiger partial charge in [-0.15, -0.1) is 0 Å². The third-order valence-corrected chi connectivity index (χ3v) is 3.96. The van der Waals surface area contributed by atoms with Gasteiger partial charge in [-0.05, 0) is 39.2 Å². The fourth-order valence-electron chi connectivity index (χ4n) is 2.52. The summed E-state index contributed by atoms with van der Waals surface area (Å²) in [5.41, 5.74) is 0. The van der Waals surface area contributed by atoms with Crippen LogP contribution in [-0.4, -0.2) is 35.6 Å². The molecule has 1 aliphatic heterocycles. The Labute approximate surface area is 121 Å². The summed E-state index contributed by atoms with van der Waals surface area (Å²) in [5, 5.41) is 15.1. The summed E-state index contributed by atoms with van der Waals surface area (Å²) in [7, 11) is 0. The Kier molecular flexibility index (Phi) is 7.59. The monoisotopic (exact) mass is 284 g/mol. The molecule has 0 saturated carbocycles. The molecule has 5 nitrogen and oxygen atoms in total. The zero-order chi connectivity index (χ0) is 15.0. The number of carbonyl (C=O) groups excluding carboxylic acids is 1. The molecule has 0 aliphatic carbocycles. The Balaban J connectivity index is 2.21. The molecule has 1 rings (SSSR count). The van der Waals surface area contributed by atoms with Gasteiger partial charge in [-0.3, -0.25) is 9.59 Å². The number of carboxylic acid groups (broad SMARTS) is 1. The van der Waals surface area contributed by atoms with Crippen molar-refractivity contribution in [1.29, 1.82) is 0 Å². The molecule has 0 aromatic rings. The number of hydrogen-bond acceptors (Lipinski definition) is 3. The SMILES string of the molecule is CC(CCCC(C)C(=O)O)NC(=O)C1CCCCCN1. The highest BCUT2D eigenvalue weighted by Gasteiger charge is 2.20. The molecule has 3 N–H and O–H groups in total. The van der Waals surface area contributed by atoms with Crippen molar-refractivity contribution >= 4 is 11.9 Å². The van der Waals surface area contributed by atoms with Gasteiger partial charge in [0.2, 0.25) is 5.91 Å². The van der Waals surface area contributed by atoms with Crippen LogP contribution < -0.4 is 10.6 Å². The Morgan fingerprint density at radius 3 is 2.70 bits per heavy atom. The van der Waals surface area contributed by atoms with Crippen molar-refractivity contribution in [3.63, 3.8) is 0 Å². The standard InChI is InChI=1S/C15H28N2O3/c1-11(15(19)20)7-6-8-12(2)17-14(18)13-9-4-3-5-10-16-13/h11-13,16H,3-10H2,1-2H3,(H,17,18)(H,19,20). The van der Waals surface area contributed by atoms with Crippen LogP contribution in [0.5, 0.6) is 0 Å². The summed E-state index contributed by atoms with van der Waals surface area (Å²) in [6.07, 6.45) is 6.68. The van der Waals surface area contributed by atoms with Crippen molar-refractivity contribution in [2.45, 2.75) is 70.9 Å². The molecule has 1 saturated heterocycles. The van der Waals surface area contributed by atoms with Gasteiger partial charge in [-0.25, -0.2) is 0 Å². The van der Waals surface area contributed by atoms with E-state index in [4.69, 9.17) is 5.11 Å². The maximum atomic E-state index is 12.1. The topological polar surface area (TPSA) is 78.4 Å². The van der Waals surface area contributed by atoms with E-state index in [-0.39, 0.29) is 23.9 Å². The molecule has 0 aromatic carbocycles. The molecule has 5 heteroatoms. The van der Waals surface area contributed by atoms with E-state index >= 15 is 0 Å². The predicted octanol–water partition coefficient (Wildman–Crippen LogP) is 1.91. The first kappa shape index (κ1) is 17.0. The molecule has 20 heavy (non-hydrogen) atoms. The number of nitrogens with one attached hydrogen (secondary N) is 2. The highest BCUT2D eigenvalue weighted by Crippen LogP contribution is 2.11. The third-order valence-electron chi connectivity index (χ3n) is 3.96. The fraction of sp³-hybridized carbons (Fsp3) is 0.867. The predicted molar refractivity (Wildman–Crippen MR) is 78.5 cm³/mol. The summed E-state index contributed by atoms with van der Waals surface area (Å²) in [4.78, 5) is 22.8. The lowest BCUT2D eigenvalue weighted by molar-refractivity contribution is -0.141. The van der Waals surface area contributed by atoms with Crippen molar-refractivity contribution in [2.75, 3.05) is 6.54 Å². The number of hydrogen-bond donors (Lipinski definition) is 3. The van der Waals surface area contributed by atoms with Gasteiger partial charge < -0.3 is 15.7 Å². The van der Waals surface area contributed by atoms with Crippen LogP contribution in [0.2, 0.25) is 0 Å². The zero-order valence-corrected chi connectivity index (χ0v) is 12.7. The number of aliphatic carboxylic acids is 1. The molecule has 0 spiro atoms. The Hall–Kier alpha value is -1.10. The van der Waals surface area contributed by atoms with E-state index in [0.717, 1.165) is 38.6 Å². The molecule has 3 unspecified atom stereocenters. The Morgan fingerprint density at radius 1 is 1.25 bits per heavy atom. The molecule has 1 amide bonds. The van der Waals surface area contributed by atoms with Crippen molar-refractivity contribution in [3.05, 3.63) is 0 Å². The molecule has 3 atom stereocenters. The summed E-state index contributed by atoms with van der Waals surface area (Å²) in [5.74, 6) is -0.962. The van der Waals surface area contributed by atoms with E-state index in [2.05, 4.69) is 10.6 Å². The highest BCUT2D eigenvalue weighted by atomic mass is 16.4. The van der Waals surface area contributed by atoms with Crippen molar-refractivity contribution in [3.8, 4) is 0 Å². The second-order valence-electron chi connectivity index (χ2n) is 5.94. The minimum Gasteiger partial charge on any atom is -0.481 e. The quantitative estimate of drug-likeness (QED) is 0.667. The molecule has 1 aliphatic rings. The molecule has 1 fully saturated rings. The summed E-state index contributed by atoms with van der Waals surface area (Å²) < 4.78 is 0.